The predicted molar refractivity (Wildman–Crippen MR) is 128 cm³/mol. The zero-order valence-corrected chi connectivity index (χ0v) is 18.9. The number of halogens is 1. The lowest BCUT2D eigenvalue weighted by atomic mass is 9.92. The standard InChI is InChI=1S/C27H25FN2O4/c1-3-8-22(21-14-13-19(28)16-23(21)31)25(32)30-27-24(18-11-7-12-20(15-18)33-2)29-26(34-27)17-9-5-4-6-10-17/h4-7,9-16,22,31H,3,8H2,1-2H3,(H,30,32). The van der Waals surface area contributed by atoms with Gasteiger partial charge in [0.2, 0.25) is 17.7 Å². The molecule has 34 heavy (non-hydrogen) atoms. The van der Waals surface area contributed by atoms with E-state index in [2.05, 4.69) is 10.3 Å². The second kappa shape index (κ2) is 10.2. The van der Waals surface area contributed by atoms with Gasteiger partial charge in [0.15, 0.2) is 0 Å². The van der Waals surface area contributed by atoms with E-state index < -0.39 is 11.7 Å². The molecule has 0 radical (unpaired) electrons. The zero-order valence-electron chi connectivity index (χ0n) is 18.9. The fourth-order valence-corrected chi connectivity index (χ4v) is 3.80. The highest BCUT2D eigenvalue weighted by atomic mass is 19.1. The fraction of sp³-hybridized carbons (Fsp3) is 0.185. The summed E-state index contributed by atoms with van der Waals surface area (Å²) in [6.07, 6.45) is 1.14. The number of benzene rings is 3. The van der Waals surface area contributed by atoms with Crippen LogP contribution in [0.15, 0.2) is 77.2 Å². The van der Waals surface area contributed by atoms with Gasteiger partial charge in [-0.3, -0.25) is 10.1 Å². The van der Waals surface area contributed by atoms with Crippen LogP contribution in [0.2, 0.25) is 0 Å². The van der Waals surface area contributed by atoms with Gasteiger partial charge in [-0.1, -0.05) is 49.7 Å². The van der Waals surface area contributed by atoms with Gasteiger partial charge in [-0.25, -0.2) is 9.37 Å². The molecule has 0 fully saturated rings. The van der Waals surface area contributed by atoms with E-state index in [-0.39, 0.29) is 17.5 Å². The van der Waals surface area contributed by atoms with Gasteiger partial charge in [-0.05, 0) is 36.8 Å². The molecule has 0 bridgehead atoms. The maximum absolute atomic E-state index is 13.5. The van der Waals surface area contributed by atoms with Crippen molar-refractivity contribution in [3.63, 3.8) is 0 Å². The average molecular weight is 461 g/mol. The molecular weight excluding hydrogens is 435 g/mol. The van der Waals surface area contributed by atoms with Gasteiger partial charge in [0, 0.05) is 22.8 Å². The largest absolute Gasteiger partial charge is 0.508 e. The number of aromatic hydroxyl groups is 1. The molecule has 0 aliphatic rings. The molecular formula is C27H25FN2O4. The maximum atomic E-state index is 13.5. The van der Waals surface area contributed by atoms with Gasteiger partial charge in [0.05, 0.1) is 13.0 Å². The second-order valence-electron chi connectivity index (χ2n) is 7.83. The third kappa shape index (κ3) is 4.93. The van der Waals surface area contributed by atoms with Crippen LogP contribution >= 0.6 is 0 Å². The third-order valence-corrected chi connectivity index (χ3v) is 5.49. The summed E-state index contributed by atoms with van der Waals surface area (Å²) in [6, 6.07) is 20.3. The lowest BCUT2D eigenvalue weighted by molar-refractivity contribution is -0.117. The number of ether oxygens (including phenoxy) is 1. The van der Waals surface area contributed by atoms with E-state index >= 15 is 0 Å². The Hall–Kier alpha value is -4.13. The average Bonchev–Trinajstić information content (AvgIpc) is 3.27. The van der Waals surface area contributed by atoms with Crippen molar-refractivity contribution in [1.29, 1.82) is 0 Å². The van der Waals surface area contributed by atoms with E-state index in [9.17, 15) is 14.3 Å². The minimum Gasteiger partial charge on any atom is -0.508 e. The number of hydrogen-bond acceptors (Lipinski definition) is 5. The number of oxazole rings is 1. The molecule has 4 rings (SSSR count). The van der Waals surface area contributed by atoms with Gasteiger partial charge in [0.1, 0.15) is 23.0 Å². The topological polar surface area (TPSA) is 84.6 Å². The maximum Gasteiger partial charge on any atom is 0.234 e. The molecule has 6 nitrogen and oxygen atoms in total. The molecule has 0 aliphatic heterocycles. The molecule has 1 unspecified atom stereocenters. The molecule has 7 heteroatoms. The minimum atomic E-state index is -0.700. The smallest absolute Gasteiger partial charge is 0.234 e. The van der Waals surface area contributed by atoms with Crippen LogP contribution in [0.3, 0.4) is 0 Å². The van der Waals surface area contributed by atoms with E-state index in [0.29, 0.717) is 41.3 Å². The van der Waals surface area contributed by atoms with Crippen LogP contribution in [0, 0.1) is 5.82 Å². The van der Waals surface area contributed by atoms with Crippen LogP contribution in [-0.2, 0) is 4.79 Å². The summed E-state index contributed by atoms with van der Waals surface area (Å²) in [4.78, 5) is 18.0. The van der Waals surface area contributed by atoms with E-state index in [4.69, 9.17) is 9.15 Å². The number of hydrogen-bond donors (Lipinski definition) is 2. The molecule has 2 N–H and O–H groups in total. The molecule has 0 saturated carbocycles. The van der Waals surface area contributed by atoms with Crippen molar-refractivity contribution in [2.24, 2.45) is 0 Å². The predicted octanol–water partition coefficient (Wildman–Crippen LogP) is 6.38. The van der Waals surface area contributed by atoms with Gasteiger partial charge in [-0.15, -0.1) is 0 Å². The number of nitrogens with zero attached hydrogens (tertiary/aromatic N) is 1. The summed E-state index contributed by atoms with van der Waals surface area (Å²) in [5.41, 5.74) is 2.27. The van der Waals surface area contributed by atoms with Crippen LogP contribution in [0.25, 0.3) is 22.7 Å². The molecule has 4 aromatic rings. The van der Waals surface area contributed by atoms with Gasteiger partial charge in [-0.2, -0.15) is 0 Å². The fourth-order valence-electron chi connectivity index (χ4n) is 3.80. The van der Waals surface area contributed by atoms with Crippen LogP contribution in [0.1, 0.15) is 31.2 Å². The summed E-state index contributed by atoms with van der Waals surface area (Å²) >= 11 is 0. The Balaban J connectivity index is 1.74. The van der Waals surface area contributed by atoms with E-state index in [1.165, 1.54) is 12.1 Å². The first-order valence-corrected chi connectivity index (χ1v) is 11.0. The highest BCUT2D eigenvalue weighted by Crippen LogP contribution is 2.36. The number of anilines is 1. The molecule has 174 valence electrons. The van der Waals surface area contributed by atoms with Crippen LogP contribution in [0.4, 0.5) is 10.3 Å². The Kier molecular flexibility index (Phi) is 6.92. The zero-order chi connectivity index (χ0) is 24.1. The van der Waals surface area contributed by atoms with Crippen molar-refractivity contribution >= 4 is 11.8 Å². The molecule has 1 amide bonds. The monoisotopic (exact) mass is 460 g/mol. The van der Waals surface area contributed by atoms with Crippen molar-refractivity contribution in [2.45, 2.75) is 25.7 Å². The first kappa shape index (κ1) is 23.0. The number of phenolic OH excluding ortho intramolecular Hbond substituents is 1. The summed E-state index contributed by atoms with van der Waals surface area (Å²) in [6.45, 7) is 1.94. The Bertz CT molecular complexity index is 1290. The number of phenols is 1. The number of carbonyl (C=O) groups is 1. The molecule has 1 heterocycles. The third-order valence-electron chi connectivity index (χ3n) is 5.49. The summed E-state index contributed by atoms with van der Waals surface area (Å²) in [7, 11) is 1.57. The van der Waals surface area contributed by atoms with Gasteiger partial charge in [0.25, 0.3) is 0 Å². The summed E-state index contributed by atoms with van der Waals surface area (Å²) in [5, 5.41) is 13.1. The number of carbonyl (C=O) groups excluding carboxylic acids is 1. The first-order chi connectivity index (χ1) is 16.5. The van der Waals surface area contributed by atoms with Gasteiger partial charge >= 0.3 is 0 Å². The van der Waals surface area contributed by atoms with E-state index in [0.717, 1.165) is 11.6 Å². The molecule has 0 saturated heterocycles. The summed E-state index contributed by atoms with van der Waals surface area (Å²) in [5.74, 6) is -0.744. The van der Waals surface area contributed by atoms with Gasteiger partial charge < -0.3 is 14.3 Å². The van der Waals surface area contributed by atoms with Crippen molar-refractivity contribution in [3.05, 3.63) is 84.2 Å². The Morgan fingerprint density at radius 3 is 2.56 bits per heavy atom. The SMILES string of the molecule is CCCC(C(=O)Nc1oc(-c2ccccc2)nc1-c1cccc(OC)c1)c1ccc(F)cc1O. The number of amides is 1. The summed E-state index contributed by atoms with van der Waals surface area (Å²) < 4.78 is 24.9. The number of methoxy groups -OCH3 is 1. The molecule has 0 spiro atoms. The van der Waals surface area contributed by atoms with E-state index in [1.807, 2.05) is 55.5 Å². The normalized spacial score (nSPS) is 11.7. The molecule has 0 aliphatic carbocycles. The Morgan fingerprint density at radius 2 is 1.85 bits per heavy atom. The molecule has 1 aromatic heterocycles. The van der Waals surface area contributed by atoms with Crippen molar-refractivity contribution in [1.82, 2.24) is 4.98 Å². The molecule has 1 atom stereocenters. The van der Waals surface area contributed by atoms with Crippen LogP contribution < -0.4 is 10.1 Å². The first-order valence-electron chi connectivity index (χ1n) is 11.0. The van der Waals surface area contributed by atoms with Crippen molar-refractivity contribution in [3.8, 4) is 34.2 Å². The number of rotatable bonds is 8. The highest BCUT2D eigenvalue weighted by molar-refractivity contribution is 5.98. The van der Waals surface area contributed by atoms with Crippen LogP contribution in [-0.4, -0.2) is 23.1 Å². The highest BCUT2D eigenvalue weighted by Gasteiger charge is 2.26. The van der Waals surface area contributed by atoms with E-state index in [1.54, 1.807) is 13.2 Å². The minimum absolute atomic E-state index is 0.180. The van der Waals surface area contributed by atoms with Crippen molar-refractivity contribution in [2.75, 3.05) is 12.4 Å². The lowest BCUT2D eigenvalue weighted by Gasteiger charge is -2.17. The quantitative estimate of drug-likeness (QED) is 0.319. The Morgan fingerprint density at radius 1 is 1.09 bits per heavy atom. The lowest BCUT2D eigenvalue weighted by Crippen LogP contribution is -2.21. The van der Waals surface area contributed by atoms with Crippen molar-refractivity contribution < 1.29 is 23.4 Å². The number of nitrogens with one attached hydrogen (secondary N) is 1. The Labute approximate surface area is 197 Å². The molecule has 3 aromatic carbocycles. The second-order valence-corrected chi connectivity index (χ2v) is 7.83. The number of aromatic nitrogens is 1. The van der Waals surface area contributed by atoms with Crippen LogP contribution in [0.5, 0.6) is 11.5 Å².